The van der Waals surface area contributed by atoms with E-state index >= 15 is 0 Å². The summed E-state index contributed by atoms with van der Waals surface area (Å²) in [5.74, 6) is 0. The number of unbranched alkanes of at least 4 members (excludes halogenated alkanes) is 4. The normalized spacial score (nSPS) is 11.1. The summed E-state index contributed by atoms with van der Waals surface area (Å²) in [6.45, 7) is 13.5. The lowest BCUT2D eigenvalue weighted by molar-refractivity contribution is 0.541. The topological polar surface area (TPSA) is 48.1 Å². The molecule has 0 atom stereocenters. The smallest absolute Gasteiger partial charge is 0.00368 e. The highest BCUT2D eigenvalue weighted by molar-refractivity contribution is 4.54. The summed E-state index contributed by atoms with van der Waals surface area (Å²) >= 11 is 0. The molecule has 4 N–H and O–H groups in total. The second kappa shape index (κ2) is 19.8. The van der Waals surface area contributed by atoms with Crippen molar-refractivity contribution in [1.82, 2.24) is 21.3 Å². The summed E-state index contributed by atoms with van der Waals surface area (Å²) in [4.78, 5) is 0. The molecule has 0 saturated heterocycles. The van der Waals surface area contributed by atoms with Gasteiger partial charge in [-0.2, -0.15) is 0 Å². The van der Waals surface area contributed by atoms with Gasteiger partial charge in [0.2, 0.25) is 0 Å². The molecule has 4 heteroatoms. The summed E-state index contributed by atoms with van der Waals surface area (Å²) < 4.78 is 0. The Labute approximate surface area is 133 Å². The van der Waals surface area contributed by atoms with Crippen LogP contribution in [-0.4, -0.2) is 52.4 Å². The van der Waals surface area contributed by atoms with Gasteiger partial charge in [-0.15, -0.1) is 0 Å². The zero-order chi connectivity index (χ0) is 15.4. The Morgan fingerprint density at radius 3 is 1.19 bits per heavy atom. The fraction of sp³-hybridized carbons (Fsp3) is 1.00. The molecule has 0 bridgehead atoms. The minimum Gasteiger partial charge on any atom is -0.317 e. The van der Waals surface area contributed by atoms with E-state index in [0.29, 0.717) is 0 Å². The van der Waals surface area contributed by atoms with Crippen LogP contribution in [0.5, 0.6) is 0 Å². The van der Waals surface area contributed by atoms with Crippen molar-refractivity contribution in [3.63, 3.8) is 0 Å². The molecule has 4 nitrogen and oxygen atoms in total. The summed E-state index contributed by atoms with van der Waals surface area (Å²) in [5, 5.41) is 13.8. The van der Waals surface area contributed by atoms with Crippen LogP contribution >= 0.6 is 0 Å². The maximum Gasteiger partial charge on any atom is -0.00368 e. The van der Waals surface area contributed by atoms with Crippen molar-refractivity contribution in [3.05, 3.63) is 0 Å². The molecular formula is C17H40N4. The largest absolute Gasteiger partial charge is 0.317 e. The molecule has 21 heavy (non-hydrogen) atoms. The molecule has 0 radical (unpaired) electrons. The van der Waals surface area contributed by atoms with Crippen LogP contribution in [0.1, 0.15) is 58.8 Å². The second-order valence-electron chi connectivity index (χ2n) is 5.68. The number of rotatable bonds is 18. The predicted molar refractivity (Wildman–Crippen MR) is 95.1 cm³/mol. The van der Waals surface area contributed by atoms with Crippen molar-refractivity contribution in [2.24, 2.45) is 0 Å². The van der Waals surface area contributed by atoms with Gasteiger partial charge in [0.15, 0.2) is 0 Å². The zero-order valence-electron chi connectivity index (χ0n) is 14.6. The molecule has 128 valence electrons. The average molecular weight is 301 g/mol. The Kier molecular flexibility index (Phi) is 19.7. The molecule has 0 aromatic rings. The first-order chi connectivity index (χ1) is 10.4. The monoisotopic (exact) mass is 300 g/mol. The lowest BCUT2D eigenvalue weighted by atomic mass is 10.2. The Bertz CT molecular complexity index is 158. The summed E-state index contributed by atoms with van der Waals surface area (Å²) in [6.07, 6.45) is 9.21. The molecule has 0 unspecified atom stereocenters. The Morgan fingerprint density at radius 1 is 0.381 bits per heavy atom. The SMILES string of the molecule is CCNCCCCNCCCCCCNCCCNCC. The molecular weight excluding hydrogens is 260 g/mol. The van der Waals surface area contributed by atoms with Crippen LogP contribution in [0.25, 0.3) is 0 Å². The van der Waals surface area contributed by atoms with Gasteiger partial charge in [0.05, 0.1) is 0 Å². The zero-order valence-corrected chi connectivity index (χ0v) is 14.6. The summed E-state index contributed by atoms with van der Waals surface area (Å²) in [6, 6.07) is 0. The third-order valence-electron chi connectivity index (χ3n) is 3.62. The van der Waals surface area contributed by atoms with Crippen LogP contribution in [0.2, 0.25) is 0 Å². The second-order valence-corrected chi connectivity index (χ2v) is 5.68. The highest BCUT2D eigenvalue weighted by atomic mass is 14.9. The van der Waals surface area contributed by atoms with Gasteiger partial charge >= 0.3 is 0 Å². The van der Waals surface area contributed by atoms with Gasteiger partial charge in [-0.3, -0.25) is 0 Å². The first-order valence-corrected chi connectivity index (χ1v) is 9.24. The highest BCUT2D eigenvalue weighted by Crippen LogP contribution is 1.98. The Hall–Kier alpha value is -0.160. The van der Waals surface area contributed by atoms with Gasteiger partial charge in [-0.25, -0.2) is 0 Å². The quantitative estimate of drug-likeness (QED) is 0.293. The van der Waals surface area contributed by atoms with Crippen LogP contribution in [0.15, 0.2) is 0 Å². The van der Waals surface area contributed by atoms with E-state index in [9.17, 15) is 0 Å². The molecule has 0 aromatic heterocycles. The molecule has 0 aliphatic rings. The fourth-order valence-electron chi connectivity index (χ4n) is 2.30. The van der Waals surface area contributed by atoms with Crippen LogP contribution < -0.4 is 21.3 Å². The third kappa shape index (κ3) is 19.8. The third-order valence-corrected chi connectivity index (χ3v) is 3.62. The average Bonchev–Trinajstić information content (AvgIpc) is 2.50. The molecule has 0 heterocycles. The minimum atomic E-state index is 1.09. The molecule has 0 fully saturated rings. The number of hydrogen-bond acceptors (Lipinski definition) is 4. The van der Waals surface area contributed by atoms with Gasteiger partial charge in [0.1, 0.15) is 0 Å². The molecule has 0 aliphatic heterocycles. The number of hydrogen-bond donors (Lipinski definition) is 4. The molecule has 0 saturated carbocycles. The van der Waals surface area contributed by atoms with E-state index in [2.05, 4.69) is 35.1 Å². The van der Waals surface area contributed by atoms with E-state index in [4.69, 9.17) is 0 Å². The Balaban J connectivity index is 2.90. The van der Waals surface area contributed by atoms with Crippen molar-refractivity contribution in [2.75, 3.05) is 52.4 Å². The van der Waals surface area contributed by atoms with Gasteiger partial charge in [0, 0.05) is 0 Å². The van der Waals surface area contributed by atoms with E-state index in [1.165, 1.54) is 71.1 Å². The van der Waals surface area contributed by atoms with Crippen LogP contribution in [-0.2, 0) is 0 Å². The molecule has 0 aromatic carbocycles. The van der Waals surface area contributed by atoms with E-state index in [1.54, 1.807) is 0 Å². The van der Waals surface area contributed by atoms with Crippen LogP contribution in [0.4, 0.5) is 0 Å². The number of nitrogens with one attached hydrogen (secondary N) is 4. The van der Waals surface area contributed by atoms with Crippen LogP contribution in [0, 0.1) is 0 Å². The van der Waals surface area contributed by atoms with Gasteiger partial charge in [0.25, 0.3) is 0 Å². The maximum atomic E-state index is 3.54. The minimum absolute atomic E-state index is 1.09. The predicted octanol–water partition coefficient (Wildman–Crippen LogP) is 2.12. The lowest BCUT2D eigenvalue weighted by Gasteiger charge is -2.06. The highest BCUT2D eigenvalue weighted by Gasteiger charge is 1.92. The first kappa shape index (κ1) is 20.8. The van der Waals surface area contributed by atoms with Crippen molar-refractivity contribution >= 4 is 0 Å². The maximum absolute atomic E-state index is 3.54. The van der Waals surface area contributed by atoms with Crippen LogP contribution in [0.3, 0.4) is 0 Å². The van der Waals surface area contributed by atoms with Crippen molar-refractivity contribution in [3.8, 4) is 0 Å². The summed E-state index contributed by atoms with van der Waals surface area (Å²) in [5.41, 5.74) is 0. The molecule has 0 aliphatic carbocycles. The standard InChI is InChI=1S/C17H40N4/c1-3-18-12-9-10-15-20-13-7-5-6-8-14-21-17-11-16-19-4-2/h18-21H,3-17H2,1-2H3. The van der Waals surface area contributed by atoms with Crippen molar-refractivity contribution < 1.29 is 0 Å². The Morgan fingerprint density at radius 2 is 0.714 bits per heavy atom. The first-order valence-electron chi connectivity index (χ1n) is 9.24. The molecule has 0 amide bonds. The van der Waals surface area contributed by atoms with E-state index in [-0.39, 0.29) is 0 Å². The van der Waals surface area contributed by atoms with Gasteiger partial charge in [-0.05, 0) is 84.5 Å². The van der Waals surface area contributed by atoms with Crippen molar-refractivity contribution in [2.45, 2.75) is 58.8 Å². The van der Waals surface area contributed by atoms with E-state index in [1.807, 2.05) is 0 Å². The lowest BCUT2D eigenvalue weighted by Crippen LogP contribution is -2.22. The van der Waals surface area contributed by atoms with E-state index < -0.39 is 0 Å². The van der Waals surface area contributed by atoms with Crippen molar-refractivity contribution in [1.29, 1.82) is 0 Å². The van der Waals surface area contributed by atoms with E-state index in [0.717, 1.165) is 26.2 Å². The summed E-state index contributed by atoms with van der Waals surface area (Å²) in [7, 11) is 0. The molecule has 0 rings (SSSR count). The van der Waals surface area contributed by atoms with Gasteiger partial charge in [-0.1, -0.05) is 26.7 Å². The van der Waals surface area contributed by atoms with Gasteiger partial charge < -0.3 is 21.3 Å². The molecule has 0 spiro atoms. The fourth-order valence-corrected chi connectivity index (χ4v) is 2.30.